The Balaban J connectivity index is 1.12. The van der Waals surface area contributed by atoms with E-state index in [9.17, 15) is 9.59 Å². The van der Waals surface area contributed by atoms with E-state index >= 15 is 0 Å². The molecule has 0 bridgehead atoms. The molecule has 1 aromatic carbocycles. The number of nitrogens with one attached hydrogen (secondary N) is 2. The van der Waals surface area contributed by atoms with Gasteiger partial charge in [-0.25, -0.2) is 0 Å². The number of hydrazone groups is 1. The van der Waals surface area contributed by atoms with Crippen LogP contribution in [0.3, 0.4) is 0 Å². The molecule has 2 saturated heterocycles. The Hall–Kier alpha value is -2.45. The average molecular weight is 453 g/mol. The van der Waals surface area contributed by atoms with Gasteiger partial charge in [0.15, 0.2) is 0 Å². The highest BCUT2D eigenvalue weighted by atomic mass is 16.2. The standard InChI is InChI=1S/C25H36N6O2/c1-18-6-14-31(28-18)15-10-23(32)29-11-8-20(9-12-29)24-22(16-26-27-24)25(33)30-13-7-19-4-2-3-5-21(19)17-30/h2-5,20,22,24,26-27H,6-17H2,1H3. The highest BCUT2D eigenvalue weighted by molar-refractivity contribution is 5.83. The molecule has 1 aromatic rings. The second kappa shape index (κ2) is 9.81. The van der Waals surface area contributed by atoms with Crippen molar-refractivity contribution >= 4 is 17.5 Å². The monoisotopic (exact) mass is 452 g/mol. The number of fused-ring (bicyclic) bond motifs is 1. The largest absolute Gasteiger partial charge is 0.343 e. The molecule has 0 spiro atoms. The van der Waals surface area contributed by atoms with Gasteiger partial charge < -0.3 is 9.80 Å². The fourth-order valence-electron chi connectivity index (χ4n) is 5.80. The molecule has 2 fully saturated rings. The molecule has 0 aliphatic carbocycles. The summed E-state index contributed by atoms with van der Waals surface area (Å²) in [6.07, 6.45) is 4.36. The Morgan fingerprint density at radius 3 is 2.58 bits per heavy atom. The van der Waals surface area contributed by atoms with Gasteiger partial charge in [-0.3, -0.25) is 25.4 Å². The summed E-state index contributed by atoms with van der Waals surface area (Å²) >= 11 is 0. The van der Waals surface area contributed by atoms with E-state index in [0.717, 1.165) is 57.6 Å². The molecule has 4 heterocycles. The smallest absolute Gasteiger partial charge is 0.228 e. The third-order valence-corrected chi connectivity index (χ3v) is 7.81. The fraction of sp³-hybridized carbons (Fsp3) is 0.640. The summed E-state index contributed by atoms with van der Waals surface area (Å²) in [5.41, 5.74) is 10.4. The SMILES string of the molecule is CC1=NN(CCC(=O)N2CCC(C3NNCC3C(=O)N3CCc4ccccc4C3)CC2)CC1. The van der Waals surface area contributed by atoms with Crippen molar-refractivity contribution in [1.29, 1.82) is 0 Å². The van der Waals surface area contributed by atoms with E-state index in [4.69, 9.17) is 0 Å². The molecular formula is C25H36N6O2. The molecular weight excluding hydrogens is 416 g/mol. The number of benzene rings is 1. The van der Waals surface area contributed by atoms with Gasteiger partial charge in [0.2, 0.25) is 11.8 Å². The summed E-state index contributed by atoms with van der Waals surface area (Å²) in [6.45, 7) is 7.43. The summed E-state index contributed by atoms with van der Waals surface area (Å²) in [4.78, 5) is 30.2. The first-order chi connectivity index (χ1) is 16.1. The third-order valence-electron chi connectivity index (χ3n) is 7.81. The van der Waals surface area contributed by atoms with E-state index in [1.165, 1.54) is 11.1 Å². The lowest BCUT2D eigenvalue weighted by Gasteiger charge is -2.38. The van der Waals surface area contributed by atoms with Crippen LogP contribution in [-0.4, -0.2) is 77.6 Å². The van der Waals surface area contributed by atoms with Gasteiger partial charge in [-0.2, -0.15) is 5.10 Å². The highest BCUT2D eigenvalue weighted by Gasteiger charge is 2.41. The van der Waals surface area contributed by atoms with Crippen molar-refractivity contribution in [3.05, 3.63) is 35.4 Å². The van der Waals surface area contributed by atoms with Gasteiger partial charge in [-0.05, 0) is 43.2 Å². The van der Waals surface area contributed by atoms with Crippen LogP contribution in [0.4, 0.5) is 0 Å². The summed E-state index contributed by atoms with van der Waals surface area (Å²) in [6, 6.07) is 8.58. The second-order valence-corrected chi connectivity index (χ2v) is 9.94. The number of piperidine rings is 1. The zero-order chi connectivity index (χ0) is 22.8. The average Bonchev–Trinajstić information content (AvgIpc) is 3.51. The summed E-state index contributed by atoms with van der Waals surface area (Å²) in [5.74, 6) is 0.844. The van der Waals surface area contributed by atoms with Crippen molar-refractivity contribution in [2.75, 3.05) is 39.3 Å². The molecule has 2 N–H and O–H groups in total. The van der Waals surface area contributed by atoms with Crippen molar-refractivity contribution in [3.63, 3.8) is 0 Å². The van der Waals surface area contributed by atoms with E-state index in [2.05, 4.69) is 40.2 Å². The fourth-order valence-corrected chi connectivity index (χ4v) is 5.80. The van der Waals surface area contributed by atoms with Gasteiger partial charge >= 0.3 is 0 Å². The molecule has 2 atom stereocenters. The molecule has 4 aliphatic rings. The number of nitrogens with zero attached hydrogens (tertiary/aromatic N) is 4. The minimum absolute atomic E-state index is 0.0428. The van der Waals surface area contributed by atoms with Gasteiger partial charge in [-0.1, -0.05) is 24.3 Å². The van der Waals surface area contributed by atoms with Crippen molar-refractivity contribution in [1.82, 2.24) is 25.7 Å². The van der Waals surface area contributed by atoms with E-state index in [-0.39, 0.29) is 23.8 Å². The number of carbonyl (C=O) groups excluding carboxylic acids is 2. The number of rotatable bonds is 5. The molecule has 8 nitrogen and oxygen atoms in total. The molecule has 5 rings (SSSR count). The van der Waals surface area contributed by atoms with Crippen LogP contribution >= 0.6 is 0 Å². The van der Waals surface area contributed by atoms with Gasteiger partial charge in [-0.15, -0.1) is 0 Å². The van der Waals surface area contributed by atoms with E-state index in [1.54, 1.807) is 0 Å². The molecule has 8 heteroatoms. The van der Waals surface area contributed by atoms with Gasteiger partial charge in [0, 0.05) is 70.4 Å². The van der Waals surface area contributed by atoms with E-state index in [0.29, 0.717) is 32.0 Å². The zero-order valence-corrected chi connectivity index (χ0v) is 19.6. The predicted molar refractivity (Wildman–Crippen MR) is 127 cm³/mol. The van der Waals surface area contributed by atoms with Crippen molar-refractivity contribution in [2.24, 2.45) is 16.9 Å². The molecule has 2 unspecified atom stereocenters. The predicted octanol–water partition coefficient (Wildman–Crippen LogP) is 1.37. The van der Waals surface area contributed by atoms with Crippen molar-refractivity contribution < 1.29 is 9.59 Å². The molecule has 33 heavy (non-hydrogen) atoms. The van der Waals surface area contributed by atoms with Crippen LogP contribution in [0, 0.1) is 11.8 Å². The molecule has 2 amide bonds. The normalized spacial score (nSPS) is 25.8. The van der Waals surface area contributed by atoms with Crippen molar-refractivity contribution in [3.8, 4) is 0 Å². The maximum absolute atomic E-state index is 13.4. The summed E-state index contributed by atoms with van der Waals surface area (Å²) in [7, 11) is 0. The Bertz CT molecular complexity index is 910. The van der Waals surface area contributed by atoms with Crippen LogP contribution in [0.25, 0.3) is 0 Å². The number of hydrogen-bond acceptors (Lipinski definition) is 6. The number of hydrogen-bond donors (Lipinski definition) is 2. The van der Waals surface area contributed by atoms with Gasteiger partial charge in [0.25, 0.3) is 0 Å². The minimum Gasteiger partial charge on any atom is -0.343 e. The zero-order valence-electron chi connectivity index (χ0n) is 19.6. The topological polar surface area (TPSA) is 80.3 Å². The van der Waals surface area contributed by atoms with E-state index < -0.39 is 0 Å². The summed E-state index contributed by atoms with van der Waals surface area (Å²) in [5, 5.41) is 6.49. The minimum atomic E-state index is -0.0428. The third kappa shape index (κ3) is 4.92. The lowest BCUT2D eigenvalue weighted by atomic mass is 9.82. The van der Waals surface area contributed by atoms with Crippen LogP contribution in [0.15, 0.2) is 29.4 Å². The number of amides is 2. The quantitative estimate of drug-likeness (QED) is 0.706. The maximum Gasteiger partial charge on any atom is 0.228 e. The van der Waals surface area contributed by atoms with Crippen LogP contribution in [-0.2, 0) is 22.6 Å². The maximum atomic E-state index is 13.4. The second-order valence-electron chi connectivity index (χ2n) is 9.94. The Labute approximate surface area is 196 Å². The first kappa shape index (κ1) is 22.3. The Morgan fingerprint density at radius 2 is 1.82 bits per heavy atom. The molecule has 0 saturated carbocycles. The number of hydrazine groups is 1. The Morgan fingerprint density at radius 1 is 1.03 bits per heavy atom. The Kier molecular flexibility index (Phi) is 6.64. The molecule has 4 aliphatic heterocycles. The van der Waals surface area contributed by atoms with Crippen LogP contribution in [0.1, 0.15) is 43.7 Å². The molecule has 0 aromatic heterocycles. The van der Waals surface area contributed by atoms with E-state index in [1.807, 2.05) is 21.7 Å². The van der Waals surface area contributed by atoms with Crippen LogP contribution < -0.4 is 10.9 Å². The first-order valence-corrected chi connectivity index (χ1v) is 12.5. The van der Waals surface area contributed by atoms with Crippen LogP contribution in [0.2, 0.25) is 0 Å². The molecule has 178 valence electrons. The first-order valence-electron chi connectivity index (χ1n) is 12.5. The van der Waals surface area contributed by atoms with Gasteiger partial charge in [0.1, 0.15) is 0 Å². The summed E-state index contributed by atoms with van der Waals surface area (Å²) < 4.78 is 0. The lowest BCUT2D eigenvalue weighted by Crippen LogP contribution is -2.50. The van der Waals surface area contributed by atoms with Crippen molar-refractivity contribution in [2.45, 2.75) is 51.6 Å². The highest BCUT2D eigenvalue weighted by Crippen LogP contribution is 2.29. The van der Waals surface area contributed by atoms with Crippen LogP contribution in [0.5, 0.6) is 0 Å². The molecule has 0 radical (unpaired) electrons. The number of likely N-dealkylation sites (tertiary alicyclic amines) is 1. The van der Waals surface area contributed by atoms with Gasteiger partial charge in [0.05, 0.1) is 5.92 Å². The number of carbonyl (C=O) groups is 2. The lowest BCUT2D eigenvalue weighted by molar-refractivity contribution is -0.138.